The number of unbranched alkanes of at least 4 members (excludes halogenated alkanes) is 1. The molecule has 100 valence electrons. The number of anilines is 2. The van der Waals surface area contributed by atoms with Gasteiger partial charge < -0.3 is 16.0 Å². The van der Waals surface area contributed by atoms with Crippen LogP contribution in [0.15, 0.2) is 6.20 Å². The van der Waals surface area contributed by atoms with Gasteiger partial charge in [0.2, 0.25) is 11.8 Å². The summed E-state index contributed by atoms with van der Waals surface area (Å²) in [5.74, 6) is 0.203. The van der Waals surface area contributed by atoms with E-state index in [1.807, 2.05) is 14.1 Å². The van der Waals surface area contributed by atoms with Crippen molar-refractivity contribution >= 4 is 17.5 Å². The molecule has 1 aromatic rings. The summed E-state index contributed by atoms with van der Waals surface area (Å²) in [6.45, 7) is 1.60. The van der Waals surface area contributed by atoms with Crippen LogP contribution in [0.5, 0.6) is 0 Å². The van der Waals surface area contributed by atoms with Gasteiger partial charge in [-0.2, -0.15) is 4.98 Å². The van der Waals surface area contributed by atoms with Crippen LogP contribution in [0, 0.1) is 10.1 Å². The Labute approximate surface area is 105 Å². The number of hydrogen-bond acceptors (Lipinski definition) is 7. The summed E-state index contributed by atoms with van der Waals surface area (Å²) in [4.78, 5) is 19.7. The zero-order valence-electron chi connectivity index (χ0n) is 10.6. The lowest BCUT2D eigenvalue weighted by Gasteiger charge is -2.09. The first kappa shape index (κ1) is 14.1. The van der Waals surface area contributed by atoms with Crippen LogP contribution in [0.2, 0.25) is 0 Å². The predicted octanol–water partition coefficient (Wildman–Crippen LogP) is 0.721. The van der Waals surface area contributed by atoms with Crippen molar-refractivity contribution in [1.29, 1.82) is 0 Å². The van der Waals surface area contributed by atoms with E-state index in [4.69, 9.17) is 5.73 Å². The highest BCUT2D eigenvalue weighted by Crippen LogP contribution is 2.20. The van der Waals surface area contributed by atoms with E-state index in [1.54, 1.807) is 0 Å². The summed E-state index contributed by atoms with van der Waals surface area (Å²) < 4.78 is 0. The van der Waals surface area contributed by atoms with E-state index in [0.29, 0.717) is 6.54 Å². The van der Waals surface area contributed by atoms with E-state index in [1.165, 1.54) is 0 Å². The molecule has 18 heavy (non-hydrogen) atoms. The first-order valence-corrected chi connectivity index (χ1v) is 5.66. The topological polar surface area (TPSA) is 110 Å². The summed E-state index contributed by atoms with van der Waals surface area (Å²) in [7, 11) is 4.01. The lowest BCUT2D eigenvalue weighted by atomic mass is 10.3. The second-order valence-corrected chi connectivity index (χ2v) is 4.16. The van der Waals surface area contributed by atoms with Gasteiger partial charge in [0.05, 0.1) is 4.92 Å². The minimum absolute atomic E-state index is 0.0244. The number of nitrogens with two attached hydrogens (primary N) is 1. The smallest absolute Gasteiger partial charge is 0.329 e. The van der Waals surface area contributed by atoms with Gasteiger partial charge in [-0.1, -0.05) is 0 Å². The molecule has 1 heterocycles. The Balaban J connectivity index is 2.50. The SMILES string of the molecule is CN(C)CCCCNc1nc(N)ncc1[N+](=O)[O-]. The van der Waals surface area contributed by atoms with Crippen molar-refractivity contribution < 1.29 is 4.92 Å². The fourth-order valence-corrected chi connectivity index (χ4v) is 1.41. The van der Waals surface area contributed by atoms with Gasteiger partial charge in [0.25, 0.3) is 0 Å². The zero-order valence-corrected chi connectivity index (χ0v) is 10.6. The van der Waals surface area contributed by atoms with Gasteiger partial charge in [-0.25, -0.2) is 4.98 Å². The highest BCUT2D eigenvalue weighted by Gasteiger charge is 2.15. The maximum Gasteiger partial charge on any atom is 0.329 e. The Kier molecular flexibility index (Phi) is 5.25. The van der Waals surface area contributed by atoms with E-state index in [9.17, 15) is 10.1 Å². The summed E-state index contributed by atoms with van der Waals surface area (Å²) in [5, 5.41) is 13.7. The lowest BCUT2D eigenvalue weighted by molar-refractivity contribution is -0.384. The minimum atomic E-state index is -0.526. The summed E-state index contributed by atoms with van der Waals surface area (Å²) in [6.07, 6.45) is 3.03. The van der Waals surface area contributed by atoms with Crippen molar-refractivity contribution in [3.8, 4) is 0 Å². The first-order valence-electron chi connectivity index (χ1n) is 5.66. The second kappa shape index (κ2) is 6.70. The number of nitro groups is 1. The Morgan fingerprint density at radius 1 is 1.50 bits per heavy atom. The summed E-state index contributed by atoms with van der Waals surface area (Å²) in [6, 6.07) is 0. The predicted molar refractivity (Wildman–Crippen MR) is 69.4 cm³/mol. The Bertz CT molecular complexity index is 409. The molecular formula is C10H18N6O2. The third-order valence-corrected chi connectivity index (χ3v) is 2.31. The molecule has 8 heteroatoms. The minimum Gasteiger partial charge on any atom is -0.368 e. The van der Waals surface area contributed by atoms with Crippen LogP contribution in [0.3, 0.4) is 0 Å². The van der Waals surface area contributed by atoms with Gasteiger partial charge >= 0.3 is 5.69 Å². The third kappa shape index (κ3) is 4.50. The zero-order chi connectivity index (χ0) is 13.5. The van der Waals surface area contributed by atoms with Crippen LogP contribution in [-0.4, -0.2) is 47.0 Å². The molecule has 1 aromatic heterocycles. The molecule has 0 bridgehead atoms. The number of aromatic nitrogens is 2. The van der Waals surface area contributed by atoms with Gasteiger partial charge in [0.1, 0.15) is 6.20 Å². The molecule has 1 rings (SSSR count). The standard InChI is InChI=1S/C10H18N6O2/c1-15(2)6-4-3-5-12-9-8(16(17)18)7-13-10(11)14-9/h7H,3-6H2,1-2H3,(H3,11,12,13,14). The lowest BCUT2D eigenvalue weighted by Crippen LogP contribution is -2.14. The molecule has 0 saturated heterocycles. The molecule has 8 nitrogen and oxygen atoms in total. The van der Waals surface area contributed by atoms with E-state index in [-0.39, 0.29) is 17.5 Å². The second-order valence-electron chi connectivity index (χ2n) is 4.16. The Morgan fingerprint density at radius 3 is 2.83 bits per heavy atom. The van der Waals surface area contributed by atoms with Gasteiger partial charge in [-0.05, 0) is 33.5 Å². The first-order chi connectivity index (χ1) is 8.50. The van der Waals surface area contributed by atoms with Crippen LogP contribution in [-0.2, 0) is 0 Å². The van der Waals surface area contributed by atoms with E-state index in [0.717, 1.165) is 25.6 Å². The number of nitrogens with zero attached hydrogens (tertiary/aromatic N) is 4. The van der Waals surface area contributed by atoms with Crippen molar-refractivity contribution in [2.45, 2.75) is 12.8 Å². The van der Waals surface area contributed by atoms with Crippen LogP contribution in [0.4, 0.5) is 17.5 Å². The van der Waals surface area contributed by atoms with E-state index in [2.05, 4.69) is 20.2 Å². The quantitative estimate of drug-likeness (QED) is 0.419. The van der Waals surface area contributed by atoms with Crippen molar-refractivity contribution in [2.24, 2.45) is 0 Å². The molecule has 0 aromatic carbocycles. The van der Waals surface area contributed by atoms with Crippen LogP contribution >= 0.6 is 0 Å². The maximum atomic E-state index is 10.7. The maximum absolute atomic E-state index is 10.7. The fraction of sp³-hybridized carbons (Fsp3) is 0.600. The van der Waals surface area contributed by atoms with Gasteiger partial charge in [-0.3, -0.25) is 10.1 Å². The molecule has 0 amide bonds. The Hall–Kier alpha value is -1.96. The average molecular weight is 254 g/mol. The van der Waals surface area contributed by atoms with Crippen molar-refractivity contribution in [3.05, 3.63) is 16.3 Å². The third-order valence-electron chi connectivity index (χ3n) is 2.31. The number of nitrogens with one attached hydrogen (secondary N) is 1. The highest BCUT2D eigenvalue weighted by molar-refractivity contribution is 5.56. The molecule has 0 unspecified atom stereocenters. The highest BCUT2D eigenvalue weighted by atomic mass is 16.6. The number of rotatable bonds is 7. The summed E-state index contributed by atoms with van der Waals surface area (Å²) >= 11 is 0. The van der Waals surface area contributed by atoms with Gasteiger partial charge in [0, 0.05) is 6.54 Å². The molecule has 0 fully saturated rings. The van der Waals surface area contributed by atoms with Gasteiger partial charge in [0.15, 0.2) is 0 Å². The van der Waals surface area contributed by atoms with E-state index >= 15 is 0 Å². The molecular weight excluding hydrogens is 236 g/mol. The van der Waals surface area contributed by atoms with Crippen LogP contribution in [0.25, 0.3) is 0 Å². The molecule has 0 aliphatic rings. The monoisotopic (exact) mass is 254 g/mol. The molecule has 0 aliphatic carbocycles. The number of nitrogen functional groups attached to an aromatic ring is 1. The molecule has 0 aliphatic heterocycles. The van der Waals surface area contributed by atoms with Crippen LogP contribution in [0.1, 0.15) is 12.8 Å². The molecule has 0 radical (unpaired) electrons. The molecule has 0 atom stereocenters. The van der Waals surface area contributed by atoms with Crippen molar-refractivity contribution in [1.82, 2.24) is 14.9 Å². The molecule has 0 saturated carbocycles. The summed E-state index contributed by atoms with van der Waals surface area (Å²) in [5.41, 5.74) is 5.25. The molecule has 3 N–H and O–H groups in total. The fourth-order valence-electron chi connectivity index (χ4n) is 1.41. The molecule has 0 spiro atoms. The van der Waals surface area contributed by atoms with Crippen molar-refractivity contribution in [3.63, 3.8) is 0 Å². The normalized spacial score (nSPS) is 10.6. The van der Waals surface area contributed by atoms with E-state index < -0.39 is 4.92 Å². The Morgan fingerprint density at radius 2 is 2.22 bits per heavy atom. The van der Waals surface area contributed by atoms with Gasteiger partial charge in [-0.15, -0.1) is 0 Å². The largest absolute Gasteiger partial charge is 0.368 e. The van der Waals surface area contributed by atoms with Crippen LogP contribution < -0.4 is 11.1 Å². The number of hydrogen-bond donors (Lipinski definition) is 2. The van der Waals surface area contributed by atoms with Crippen molar-refractivity contribution in [2.75, 3.05) is 38.2 Å². The average Bonchev–Trinajstić information content (AvgIpc) is 2.27.